The molecule has 3 aromatic carbocycles. The lowest BCUT2D eigenvalue weighted by Crippen LogP contribution is -2.41. The van der Waals surface area contributed by atoms with Crippen molar-refractivity contribution in [2.45, 2.75) is 18.7 Å². The second-order valence-corrected chi connectivity index (χ2v) is 10.6. The van der Waals surface area contributed by atoms with Gasteiger partial charge in [0.25, 0.3) is 15.9 Å². The molecule has 1 fully saturated rings. The van der Waals surface area contributed by atoms with Crippen molar-refractivity contribution in [2.24, 2.45) is 0 Å². The number of amides is 2. The Morgan fingerprint density at radius 3 is 2.29 bits per heavy atom. The van der Waals surface area contributed by atoms with Gasteiger partial charge in [-0.3, -0.25) is 13.9 Å². The zero-order valence-corrected chi connectivity index (χ0v) is 22.2. The van der Waals surface area contributed by atoms with Crippen molar-refractivity contribution < 1.29 is 27.5 Å². The number of carbonyl (C=O) groups is 2. The van der Waals surface area contributed by atoms with Crippen LogP contribution in [-0.2, 0) is 19.6 Å². The van der Waals surface area contributed by atoms with Gasteiger partial charge < -0.3 is 19.7 Å². The van der Waals surface area contributed by atoms with Gasteiger partial charge in [-0.25, -0.2) is 8.42 Å². The number of sulfonamides is 1. The van der Waals surface area contributed by atoms with Crippen LogP contribution in [0.15, 0.2) is 77.7 Å². The Morgan fingerprint density at radius 2 is 1.63 bits per heavy atom. The summed E-state index contributed by atoms with van der Waals surface area (Å²) in [5.41, 5.74) is 1.94. The first-order chi connectivity index (χ1) is 18.3. The molecule has 0 radical (unpaired) electrons. The first kappa shape index (κ1) is 27.2. The van der Waals surface area contributed by atoms with Gasteiger partial charge in [0.1, 0.15) is 12.3 Å². The van der Waals surface area contributed by atoms with Crippen LogP contribution >= 0.6 is 0 Å². The summed E-state index contributed by atoms with van der Waals surface area (Å²) >= 11 is 0. The van der Waals surface area contributed by atoms with E-state index in [0.29, 0.717) is 55.6 Å². The lowest BCUT2D eigenvalue weighted by molar-refractivity contribution is -0.114. The summed E-state index contributed by atoms with van der Waals surface area (Å²) in [5.74, 6) is -0.253. The Morgan fingerprint density at radius 1 is 0.974 bits per heavy atom. The van der Waals surface area contributed by atoms with Crippen molar-refractivity contribution >= 4 is 33.2 Å². The minimum absolute atomic E-state index is 0.0252. The van der Waals surface area contributed by atoms with Gasteiger partial charge in [-0.15, -0.1) is 0 Å². The molecule has 4 rings (SSSR count). The molecular formula is C28H31N3O6S. The summed E-state index contributed by atoms with van der Waals surface area (Å²) in [5, 5.41) is 2.75. The molecule has 200 valence electrons. The number of hydrogen-bond donors (Lipinski definition) is 1. The van der Waals surface area contributed by atoms with Crippen LogP contribution in [0.2, 0.25) is 0 Å². The number of anilines is 2. The van der Waals surface area contributed by atoms with Crippen LogP contribution in [0, 0.1) is 6.92 Å². The molecule has 0 aromatic heterocycles. The summed E-state index contributed by atoms with van der Waals surface area (Å²) in [6.07, 6.45) is 0. The van der Waals surface area contributed by atoms with Gasteiger partial charge >= 0.3 is 0 Å². The lowest BCUT2D eigenvalue weighted by atomic mass is 10.1. The average Bonchev–Trinajstić information content (AvgIpc) is 2.93. The van der Waals surface area contributed by atoms with E-state index in [1.807, 2.05) is 13.8 Å². The molecule has 38 heavy (non-hydrogen) atoms. The lowest BCUT2D eigenvalue weighted by Gasteiger charge is -2.28. The second-order valence-electron chi connectivity index (χ2n) is 8.75. The molecule has 1 N–H and O–H groups in total. The number of morpholine rings is 1. The molecule has 0 spiro atoms. The van der Waals surface area contributed by atoms with Crippen LogP contribution in [0.1, 0.15) is 22.8 Å². The first-order valence-corrected chi connectivity index (χ1v) is 13.8. The molecule has 0 aliphatic carbocycles. The SMILES string of the molecule is CCOc1ccc(S(=O)(=O)N(CC(=O)Nc2ccccc2C(=O)N2CCOCC2)c2ccc(C)cc2)cc1. The molecule has 3 aromatic rings. The molecular weight excluding hydrogens is 506 g/mol. The smallest absolute Gasteiger partial charge is 0.264 e. The Hall–Kier alpha value is -3.89. The summed E-state index contributed by atoms with van der Waals surface area (Å²) in [7, 11) is -4.10. The van der Waals surface area contributed by atoms with E-state index in [4.69, 9.17) is 9.47 Å². The Kier molecular flexibility index (Phi) is 8.65. The van der Waals surface area contributed by atoms with Crippen molar-refractivity contribution in [1.29, 1.82) is 0 Å². The van der Waals surface area contributed by atoms with Crippen LogP contribution in [0.4, 0.5) is 11.4 Å². The number of ether oxygens (including phenoxy) is 2. The predicted octanol–water partition coefficient (Wildman–Crippen LogP) is 3.70. The van der Waals surface area contributed by atoms with Gasteiger partial charge in [0.05, 0.1) is 41.7 Å². The van der Waals surface area contributed by atoms with Gasteiger partial charge in [-0.2, -0.15) is 0 Å². The molecule has 0 saturated carbocycles. The van der Waals surface area contributed by atoms with E-state index in [0.717, 1.165) is 9.87 Å². The van der Waals surface area contributed by atoms with E-state index in [1.54, 1.807) is 65.6 Å². The van der Waals surface area contributed by atoms with E-state index < -0.39 is 22.5 Å². The molecule has 0 atom stereocenters. The summed E-state index contributed by atoms with van der Waals surface area (Å²) in [6.45, 7) is 5.53. The third-order valence-corrected chi connectivity index (χ3v) is 7.85. The molecule has 1 aliphatic heterocycles. The largest absolute Gasteiger partial charge is 0.494 e. The quantitative estimate of drug-likeness (QED) is 0.446. The summed E-state index contributed by atoms with van der Waals surface area (Å²) in [6, 6.07) is 19.6. The maximum atomic E-state index is 13.7. The van der Waals surface area contributed by atoms with E-state index in [9.17, 15) is 18.0 Å². The minimum Gasteiger partial charge on any atom is -0.494 e. The molecule has 1 aliphatic rings. The first-order valence-electron chi connectivity index (χ1n) is 12.4. The normalized spacial score (nSPS) is 13.6. The van der Waals surface area contributed by atoms with Crippen molar-refractivity contribution in [3.63, 3.8) is 0 Å². The van der Waals surface area contributed by atoms with E-state index in [2.05, 4.69) is 5.32 Å². The zero-order chi connectivity index (χ0) is 27.1. The third-order valence-electron chi connectivity index (χ3n) is 6.06. The average molecular weight is 538 g/mol. The van der Waals surface area contributed by atoms with Gasteiger partial charge in [0, 0.05) is 13.1 Å². The van der Waals surface area contributed by atoms with Gasteiger partial charge in [-0.1, -0.05) is 29.8 Å². The monoisotopic (exact) mass is 537 g/mol. The van der Waals surface area contributed by atoms with Crippen molar-refractivity contribution in [2.75, 3.05) is 49.1 Å². The summed E-state index contributed by atoms with van der Waals surface area (Å²) < 4.78 is 39.2. The molecule has 2 amide bonds. The molecule has 10 heteroatoms. The van der Waals surface area contributed by atoms with Crippen molar-refractivity contribution in [3.05, 3.63) is 83.9 Å². The number of rotatable bonds is 9. The zero-order valence-electron chi connectivity index (χ0n) is 21.4. The number of benzene rings is 3. The summed E-state index contributed by atoms with van der Waals surface area (Å²) in [4.78, 5) is 28.0. The standard InChI is InChI=1S/C28H31N3O6S/c1-3-37-23-12-14-24(15-13-23)38(34,35)31(22-10-8-21(2)9-11-22)20-27(32)29-26-7-5-4-6-25(26)28(33)30-16-18-36-19-17-30/h4-15H,3,16-20H2,1-2H3,(H,29,32). The topological polar surface area (TPSA) is 105 Å². The molecule has 9 nitrogen and oxygen atoms in total. The van der Waals surface area contributed by atoms with Gasteiger partial charge in [-0.05, 0) is 62.4 Å². The highest BCUT2D eigenvalue weighted by atomic mass is 32.2. The number of para-hydroxylation sites is 1. The van der Waals surface area contributed by atoms with Crippen LogP contribution < -0.4 is 14.4 Å². The van der Waals surface area contributed by atoms with Crippen LogP contribution in [0.5, 0.6) is 5.75 Å². The van der Waals surface area contributed by atoms with Crippen LogP contribution in [0.25, 0.3) is 0 Å². The molecule has 1 heterocycles. The van der Waals surface area contributed by atoms with Crippen molar-refractivity contribution in [1.82, 2.24) is 4.90 Å². The van der Waals surface area contributed by atoms with Gasteiger partial charge in [0.15, 0.2) is 0 Å². The fraction of sp³-hybridized carbons (Fsp3) is 0.286. The number of aryl methyl sites for hydroxylation is 1. The highest BCUT2D eigenvalue weighted by molar-refractivity contribution is 7.92. The number of nitrogens with zero attached hydrogens (tertiary/aromatic N) is 2. The van der Waals surface area contributed by atoms with Crippen molar-refractivity contribution in [3.8, 4) is 5.75 Å². The van der Waals surface area contributed by atoms with Crippen LogP contribution in [-0.4, -0.2) is 64.6 Å². The fourth-order valence-corrected chi connectivity index (χ4v) is 5.48. The minimum atomic E-state index is -4.10. The Balaban J connectivity index is 1.60. The Labute approximate surface area is 223 Å². The van der Waals surface area contributed by atoms with Gasteiger partial charge in [0.2, 0.25) is 5.91 Å². The number of carbonyl (C=O) groups excluding carboxylic acids is 2. The molecule has 1 saturated heterocycles. The predicted molar refractivity (Wildman–Crippen MR) is 145 cm³/mol. The third kappa shape index (κ3) is 6.32. The number of hydrogen-bond acceptors (Lipinski definition) is 6. The maximum Gasteiger partial charge on any atom is 0.264 e. The highest BCUT2D eigenvalue weighted by Gasteiger charge is 2.28. The fourth-order valence-electron chi connectivity index (χ4n) is 4.06. The van der Waals surface area contributed by atoms with E-state index in [-0.39, 0.29) is 10.8 Å². The molecule has 0 unspecified atom stereocenters. The maximum absolute atomic E-state index is 13.7. The second kappa shape index (κ2) is 12.1. The molecule has 0 bridgehead atoms. The van der Waals surface area contributed by atoms with E-state index >= 15 is 0 Å². The highest BCUT2D eigenvalue weighted by Crippen LogP contribution is 2.26. The number of nitrogens with one attached hydrogen (secondary N) is 1. The van der Waals surface area contributed by atoms with E-state index in [1.165, 1.54) is 12.1 Å². The Bertz CT molecular complexity index is 1370. The van der Waals surface area contributed by atoms with Crippen LogP contribution in [0.3, 0.4) is 0 Å².